The topological polar surface area (TPSA) is 38.7 Å². The molecule has 0 aliphatic heterocycles. The summed E-state index contributed by atoms with van der Waals surface area (Å²) in [5, 5.41) is 0. The van der Waals surface area contributed by atoms with Gasteiger partial charge in [0.15, 0.2) is 17.5 Å². The van der Waals surface area contributed by atoms with Gasteiger partial charge < -0.3 is 0 Å². The Morgan fingerprint density at radius 2 is 0.577 bits per heavy atom. The minimum Gasteiger partial charge on any atom is -0.208 e. The zero-order valence-electron chi connectivity index (χ0n) is 30.3. The molecule has 1 heterocycles. The number of rotatable bonds is 18. The van der Waals surface area contributed by atoms with Crippen molar-refractivity contribution in [1.82, 2.24) is 15.0 Å². The first-order valence-corrected chi connectivity index (χ1v) is 20.6. The summed E-state index contributed by atoms with van der Waals surface area (Å²) in [5.74, 6) is 2.14. The van der Waals surface area contributed by atoms with Crippen molar-refractivity contribution >= 4 is 31.9 Å². The van der Waals surface area contributed by atoms with E-state index in [0.717, 1.165) is 70.6 Å². The van der Waals surface area contributed by atoms with Gasteiger partial charge in [-0.3, -0.25) is 0 Å². The molecule has 6 aromatic rings. The van der Waals surface area contributed by atoms with Crippen LogP contribution >= 0.6 is 31.9 Å². The maximum absolute atomic E-state index is 5.04. The Morgan fingerprint density at radius 3 is 0.846 bits per heavy atom. The predicted octanol–water partition coefficient (Wildman–Crippen LogP) is 13.7. The zero-order chi connectivity index (χ0) is 36.0. The molecule has 0 spiro atoms. The van der Waals surface area contributed by atoms with Crippen LogP contribution in [0.5, 0.6) is 0 Å². The van der Waals surface area contributed by atoms with Crippen molar-refractivity contribution in [3.8, 4) is 34.2 Å². The number of hydrogen-bond donors (Lipinski definition) is 0. The van der Waals surface area contributed by atoms with Crippen molar-refractivity contribution in [2.75, 3.05) is 0 Å². The Morgan fingerprint density at radius 1 is 0.327 bits per heavy atom. The second-order valence-corrected chi connectivity index (χ2v) is 15.7. The van der Waals surface area contributed by atoms with E-state index in [1.54, 1.807) is 0 Å². The first-order chi connectivity index (χ1) is 25.5. The number of aryl methyl sites for hydroxylation is 5. The fourth-order valence-corrected chi connectivity index (χ4v) is 7.13. The van der Waals surface area contributed by atoms with Gasteiger partial charge in [-0.15, -0.1) is 0 Å². The van der Waals surface area contributed by atoms with Gasteiger partial charge in [0.2, 0.25) is 0 Å². The van der Waals surface area contributed by atoms with E-state index < -0.39 is 0 Å². The zero-order valence-corrected chi connectivity index (χ0v) is 33.5. The molecule has 52 heavy (non-hydrogen) atoms. The molecule has 3 nitrogen and oxygen atoms in total. The number of hydrogen-bond acceptors (Lipinski definition) is 3. The lowest BCUT2D eigenvalue weighted by Crippen LogP contribution is -2.01. The van der Waals surface area contributed by atoms with Crippen molar-refractivity contribution in [1.29, 1.82) is 0 Å². The van der Waals surface area contributed by atoms with Gasteiger partial charge in [-0.25, -0.2) is 15.0 Å². The molecular weight excluding hydrogens is 766 g/mol. The average molecular weight is 816 g/mol. The number of benzene rings is 5. The fraction of sp³-hybridized carbons (Fsp3) is 0.298. The summed E-state index contributed by atoms with van der Waals surface area (Å²) in [5.41, 5.74) is 9.89. The van der Waals surface area contributed by atoms with Crippen LogP contribution in [0.3, 0.4) is 0 Å². The Kier molecular flexibility index (Phi) is 14.4. The van der Waals surface area contributed by atoms with Crippen LogP contribution in [0.2, 0.25) is 0 Å². The smallest absolute Gasteiger partial charge is 0.164 e. The molecule has 0 aliphatic carbocycles. The second kappa shape index (κ2) is 19.8. The van der Waals surface area contributed by atoms with Crippen molar-refractivity contribution < 1.29 is 0 Å². The van der Waals surface area contributed by atoms with Gasteiger partial charge in [0.25, 0.3) is 0 Å². The van der Waals surface area contributed by atoms with Gasteiger partial charge in [0, 0.05) is 25.6 Å². The third-order valence-corrected chi connectivity index (χ3v) is 10.8. The molecule has 0 bridgehead atoms. The van der Waals surface area contributed by atoms with E-state index in [1.807, 2.05) is 0 Å². The third kappa shape index (κ3) is 11.5. The van der Waals surface area contributed by atoms with E-state index in [4.69, 9.17) is 15.0 Å². The summed E-state index contributed by atoms with van der Waals surface area (Å²) < 4.78 is 2.26. The fourth-order valence-electron chi connectivity index (χ4n) is 6.60. The lowest BCUT2D eigenvalue weighted by molar-refractivity contribution is 0.667. The Hall–Kier alpha value is -3.93. The standard InChI is InChI=1S/C47H49Br2N3/c1-2-3-4-5-10-35-15-25-40(26-16-35)45-50-46(41-27-17-36(18-28-41)11-6-8-13-38-21-31-43(48)32-22-38)52-47(51-45)42-29-19-37(20-30-42)12-7-9-14-39-23-33-44(49)34-24-39/h15-34H,2-14H2,1H3. The average Bonchev–Trinajstić information content (AvgIpc) is 3.19. The Balaban J connectivity index is 1.15. The maximum Gasteiger partial charge on any atom is 0.164 e. The summed E-state index contributed by atoms with van der Waals surface area (Å²) in [6, 6.07) is 43.8. The molecule has 0 aliphatic rings. The summed E-state index contributed by atoms with van der Waals surface area (Å²) in [4.78, 5) is 15.1. The van der Waals surface area contributed by atoms with Crippen molar-refractivity contribution in [3.63, 3.8) is 0 Å². The highest BCUT2D eigenvalue weighted by atomic mass is 79.9. The highest BCUT2D eigenvalue weighted by Crippen LogP contribution is 2.27. The Bertz CT molecular complexity index is 1840. The monoisotopic (exact) mass is 813 g/mol. The van der Waals surface area contributed by atoms with Gasteiger partial charge in [-0.1, -0.05) is 155 Å². The first-order valence-electron chi connectivity index (χ1n) is 19.1. The molecule has 0 saturated carbocycles. The van der Waals surface area contributed by atoms with Gasteiger partial charge in [0.1, 0.15) is 0 Å². The van der Waals surface area contributed by atoms with Crippen LogP contribution in [0.1, 0.15) is 86.1 Å². The van der Waals surface area contributed by atoms with Crippen LogP contribution in [-0.4, -0.2) is 15.0 Å². The van der Waals surface area contributed by atoms with Crippen molar-refractivity contribution in [3.05, 3.63) is 158 Å². The van der Waals surface area contributed by atoms with E-state index in [2.05, 4.69) is 160 Å². The maximum atomic E-state index is 5.04. The lowest BCUT2D eigenvalue weighted by atomic mass is 10.0. The minimum absolute atomic E-state index is 0.711. The lowest BCUT2D eigenvalue weighted by Gasteiger charge is -2.10. The van der Waals surface area contributed by atoms with Crippen LogP contribution in [0.4, 0.5) is 0 Å². The summed E-state index contributed by atoms with van der Waals surface area (Å²) >= 11 is 7.06. The number of aromatic nitrogens is 3. The minimum atomic E-state index is 0.711. The van der Waals surface area contributed by atoms with Gasteiger partial charge >= 0.3 is 0 Å². The molecule has 5 heteroatoms. The van der Waals surface area contributed by atoms with Gasteiger partial charge in [0.05, 0.1) is 0 Å². The molecule has 0 radical (unpaired) electrons. The van der Waals surface area contributed by atoms with Crippen molar-refractivity contribution in [2.45, 2.75) is 90.4 Å². The molecule has 1 aromatic heterocycles. The molecule has 5 aromatic carbocycles. The highest BCUT2D eigenvalue weighted by Gasteiger charge is 2.13. The van der Waals surface area contributed by atoms with E-state index in [-0.39, 0.29) is 0 Å². The van der Waals surface area contributed by atoms with Gasteiger partial charge in [-0.2, -0.15) is 0 Å². The largest absolute Gasteiger partial charge is 0.208 e. The molecule has 0 unspecified atom stereocenters. The third-order valence-electron chi connectivity index (χ3n) is 9.78. The molecular formula is C47H49Br2N3. The van der Waals surface area contributed by atoms with Crippen LogP contribution in [0.25, 0.3) is 34.2 Å². The Labute approximate surface area is 327 Å². The quantitative estimate of drug-likeness (QED) is 0.0811. The van der Waals surface area contributed by atoms with E-state index in [9.17, 15) is 0 Å². The number of nitrogens with zero attached hydrogens (tertiary/aromatic N) is 3. The first kappa shape index (κ1) is 37.8. The highest BCUT2D eigenvalue weighted by molar-refractivity contribution is 9.10. The predicted molar refractivity (Wildman–Crippen MR) is 226 cm³/mol. The van der Waals surface area contributed by atoms with E-state index >= 15 is 0 Å². The number of unbranched alkanes of at least 4 members (excludes halogenated alkanes) is 5. The summed E-state index contributed by atoms with van der Waals surface area (Å²) in [6.07, 6.45) is 15.2. The molecule has 0 saturated heterocycles. The van der Waals surface area contributed by atoms with Crippen LogP contribution in [0, 0.1) is 0 Å². The summed E-state index contributed by atoms with van der Waals surface area (Å²) in [7, 11) is 0. The van der Waals surface area contributed by atoms with Crippen LogP contribution in [-0.2, 0) is 32.1 Å². The molecule has 0 amide bonds. The normalized spacial score (nSPS) is 11.2. The van der Waals surface area contributed by atoms with E-state index in [1.165, 1.54) is 66.3 Å². The van der Waals surface area contributed by atoms with Gasteiger partial charge in [-0.05, 0) is 116 Å². The molecule has 266 valence electrons. The molecule has 0 atom stereocenters. The van der Waals surface area contributed by atoms with E-state index in [0.29, 0.717) is 17.5 Å². The molecule has 0 fully saturated rings. The van der Waals surface area contributed by atoms with Crippen LogP contribution < -0.4 is 0 Å². The molecule has 0 N–H and O–H groups in total. The molecule has 6 rings (SSSR count). The summed E-state index contributed by atoms with van der Waals surface area (Å²) in [6.45, 7) is 2.26. The second-order valence-electron chi connectivity index (χ2n) is 13.9. The van der Waals surface area contributed by atoms with Crippen LogP contribution in [0.15, 0.2) is 130 Å². The van der Waals surface area contributed by atoms with Crippen molar-refractivity contribution in [2.24, 2.45) is 0 Å². The SMILES string of the molecule is CCCCCCc1ccc(-c2nc(-c3ccc(CCCCc4ccc(Br)cc4)cc3)nc(-c3ccc(CCCCc4ccc(Br)cc4)cc3)n2)cc1. The number of halogens is 2.